The minimum absolute atomic E-state index is 0.0208. The van der Waals surface area contributed by atoms with E-state index in [4.69, 9.17) is 13.9 Å². The number of nitrogens with zero attached hydrogens (tertiary/aromatic N) is 2. The number of aromatic nitrogens is 2. The van der Waals surface area contributed by atoms with Crippen LogP contribution in [0.15, 0.2) is 59.0 Å². The van der Waals surface area contributed by atoms with Gasteiger partial charge in [-0.1, -0.05) is 56.2 Å². The number of esters is 1. The van der Waals surface area contributed by atoms with Crippen LogP contribution >= 0.6 is 0 Å². The first kappa shape index (κ1) is 22.0. The highest BCUT2D eigenvalue weighted by atomic mass is 16.5. The van der Waals surface area contributed by atoms with Crippen LogP contribution in [0.2, 0.25) is 0 Å². The van der Waals surface area contributed by atoms with Crippen LogP contribution in [0.1, 0.15) is 32.8 Å². The van der Waals surface area contributed by atoms with E-state index < -0.39 is 18.5 Å². The average Bonchev–Trinajstić information content (AvgIpc) is 3.21. The molecular formula is C23H25N3O5. The van der Waals surface area contributed by atoms with Crippen LogP contribution in [0.4, 0.5) is 6.01 Å². The predicted molar refractivity (Wildman–Crippen MR) is 115 cm³/mol. The standard InChI is InChI=1S/C23H25N3O5/c1-23(2,3)17-9-11-18(12-10-17)29-14-13-20(28)30-15-19(27)24-22-26-25-21(31-22)16-7-5-4-6-8-16/h4-12H,13-15H2,1-3H3,(H,24,26,27). The molecule has 0 saturated carbocycles. The lowest BCUT2D eigenvalue weighted by molar-refractivity contribution is -0.147. The smallest absolute Gasteiger partial charge is 0.322 e. The summed E-state index contributed by atoms with van der Waals surface area (Å²) in [6.07, 6.45) is 0.0208. The normalized spacial score (nSPS) is 11.1. The van der Waals surface area contributed by atoms with Gasteiger partial charge in [0, 0.05) is 5.56 Å². The van der Waals surface area contributed by atoms with Gasteiger partial charge in [-0.3, -0.25) is 14.9 Å². The van der Waals surface area contributed by atoms with Crippen LogP contribution in [0.25, 0.3) is 11.5 Å². The van der Waals surface area contributed by atoms with Crippen molar-refractivity contribution in [2.75, 3.05) is 18.5 Å². The Morgan fingerprint density at radius 2 is 1.71 bits per heavy atom. The molecule has 0 fully saturated rings. The van der Waals surface area contributed by atoms with Crippen LogP contribution in [0.3, 0.4) is 0 Å². The zero-order valence-corrected chi connectivity index (χ0v) is 17.8. The van der Waals surface area contributed by atoms with Crippen molar-refractivity contribution in [1.82, 2.24) is 10.2 Å². The van der Waals surface area contributed by atoms with Crippen molar-refractivity contribution in [3.05, 3.63) is 60.2 Å². The van der Waals surface area contributed by atoms with Crippen molar-refractivity contribution in [3.8, 4) is 17.2 Å². The Kier molecular flexibility index (Phi) is 7.02. The molecule has 8 nitrogen and oxygen atoms in total. The maximum atomic E-state index is 11.9. The second-order valence-corrected chi connectivity index (χ2v) is 7.86. The van der Waals surface area contributed by atoms with Crippen LogP contribution in [-0.4, -0.2) is 35.3 Å². The molecule has 0 aliphatic rings. The third kappa shape index (κ3) is 6.67. The molecular weight excluding hydrogens is 398 g/mol. The zero-order chi connectivity index (χ0) is 22.3. The van der Waals surface area contributed by atoms with Gasteiger partial charge >= 0.3 is 12.0 Å². The van der Waals surface area contributed by atoms with Gasteiger partial charge in [-0.2, -0.15) is 0 Å². The average molecular weight is 423 g/mol. The molecule has 0 unspecified atom stereocenters. The van der Waals surface area contributed by atoms with Gasteiger partial charge in [0.15, 0.2) is 6.61 Å². The van der Waals surface area contributed by atoms with Crippen LogP contribution in [0.5, 0.6) is 5.75 Å². The van der Waals surface area contributed by atoms with E-state index in [0.717, 1.165) is 5.56 Å². The van der Waals surface area contributed by atoms with E-state index in [9.17, 15) is 9.59 Å². The molecule has 0 aliphatic carbocycles. The Hall–Kier alpha value is -3.68. The van der Waals surface area contributed by atoms with E-state index in [1.165, 1.54) is 5.56 Å². The van der Waals surface area contributed by atoms with E-state index in [1.807, 2.05) is 54.6 Å². The summed E-state index contributed by atoms with van der Waals surface area (Å²) in [5.41, 5.74) is 1.99. The van der Waals surface area contributed by atoms with Gasteiger partial charge in [0.25, 0.3) is 5.91 Å². The van der Waals surface area contributed by atoms with Crippen molar-refractivity contribution in [2.45, 2.75) is 32.6 Å². The predicted octanol–water partition coefficient (Wildman–Crippen LogP) is 3.98. The molecule has 1 aromatic heterocycles. The van der Waals surface area contributed by atoms with Crippen molar-refractivity contribution >= 4 is 17.9 Å². The Morgan fingerprint density at radius 3 is 2.39 bits per heavy atom. The van der Waals surface area contributed by atoms with Crippen LogP contribution in [-0.2, 0) is 19.7 Å². The molecule has 162 valence electrons. The van der Waals surface area contributed by atoms with Crippen molar-refractivity contribution in [3.63, 3.8) is 0 Å². The molecule has 0 spiro atoms. The van der Waals surface area contributed by atoms with E-state index in [1.54, 1.807) is 0 Å². The van der Waals surface area contributed by atoms with E-state index in [2.05, 4.69) is 36.3 Å². The zero-order valence-electron chi connectivity index (χ0n) is 17.8. The number of carbonyl (C=O) groups is 2. The topological polar surface area (TPSA) is 104 Å². The summed E-state index contributed by atoms with van der Waals surface area (Å²) in [5.74, 6) is -0.169. The van der Waals surface area contributed by atoms with Crippen LogP contribution < -0.4 is 10.1 Å². The summed E-state index contributed by atoms with van der Waals surface area (Å²) in [4.78, 5) is 23.8. The van der Waals surface area contributed by atoms with E-state index in [-0.39, 0.29) is 30.3 Å². The summed E-state index contributed by atoms with van der Waals surface area (Å²) >= 11 is 0. The van der Waals surface area contributed by atoms with Gasteiger partial charge in [0.2, 0.25) is 5.89 Å². The molecule has 0 radical (unpaired) electrons. The summed E-state index contributed by atoms with van der Waals surface area (Å²) in [6.45, 7) is 6.10. The van der Waals surface area contributed by atoms with Gasteiger partial charge in [-0.05, 0) is 35.2 Å². The number of nitrogens with one attached hydrogen (secondary N) is 1. The first-order chi connectivity index (χ1) is 14.8. The summed E-state index contributed by atoms with van der Waals surface area (Å²) in [7, 11) is 0. The lowest BCUT2D eigenvalue weighted by Crippen LogP contribution is -2.21. The van der Waals surface area contributed by atoms with E-state index in [0.29, 0.717) is 5.75 Å². The summed E-state index contributed by atoms with van der Waals surface area (Å²) < 4.78 is 15.9. The van der Waals surface area contributed by atoms with E-state index >= 15 is 0 Å². The number of anilines is 1. The quantitative estimate of drug-likeness (QED) is 0.547. The number of hydrogen-bond donors (Lipinski definition) is 1. The van der Waals surface area contributed by atoms with Crippen LogP contribution in [0, 0.1) is 0 Å². The summed E-state index contributed by atoms with van der Waals surface area (Å²) in [6, 6.07) is 16.8. The lowest BCUT2D eigenvalue weighted by atomic mass is 9.87. The second-order valence-electron chi connectivity index (χ2n) is 7.86. The fourth-order valence-electron chi connectivity index (χ4n) is 2.65. The third-order valence-electron chi connectivity index (χ3n) is 4.35. The Labute approximate surface area is 180 Å². The SMILES string of the molecule is CC(C)(C)c1ccc(OCCC(=O)OCC(=O)Nc2nnc(-c3ccccc3)o2)cc1. The fraction of sp³-hybridized carbons (Fsp3) is 0.304. The van der Waals surface area contributed by atoms with Crippen molar-refractivity contribution in [2.24, 2.45) is 0 Å². The molecule has 0 atom stereocenters. The molecule has 1 N–H and O–H groups in total. The minimum Gasteiger partial charge on any atom is -0.493 e. The highest BCUT2D eigenvalue weighted by Gasteiger charge is 2.14. The molecule has 2 aromatic carbocycles. The molecule has 0 saturated heterocycles. The number of benzene rings is 2. The number of ether oxygens (including phenoxy) is 2. The van der Waals surface area contributed by atoms with Gasteiger partial charge < -0.3 is 13.9 Å². The molecule has 1 amide bonds. The van der Waals surface area contributed by atoms with Gasteiger partial charge in [-0.25, -0.2) is 0 Å². The molecule has 31 heavy (non-hydrogen) atoms. The first-order valence-electron chi connectivity index (χ1n) is 9.89. The lowest BCUT2D eigenvalue weighted by Gasteiger charge is -2.19. The summed E-state index contributed by atoms with van der Waals surface area (Å²) in [5, 5.41) is 10.0. The highest BCUT2D eigenvalue weighted by molar-refractivity contribution is 5.91. The molecule has 3 aromatic rings. The number of carbonyl (C=O) groups excluding carboxylic acids is 2. The van der Waals surface area contributed by atoms with Crippen molar-refractivity contribution < 1.29 is 23.5 Å². The number of rotatable bonds is 8. The fourth-order valence-corrected chi connectivity index (χ4v) is 2.65. The maximum Gasteiger partial charge on any atom is 0.322 e. The van der Waals surface area contributed by atoms with Gasteiger partial charge in [0.1, 0.15) is 5.75 Å². The first-order valence-corrected chi connectivity index (χ1v) is 9.89. The largest absolute Gasteiger partial charge is 0.493 e. The Balaban J connectivity index is 1.37. The molecule has 8 heteroatoms. The number of amides is 1. The maximum absolute atomic E-state index is 11.9. The Bertz CT molecular complexity index is 1010. The molecule has 1 heterocycles. The molecule has 0 aliphatic heterocycles. The van der Waals surface area contributed by atoms with Gasteiger partial charge in [0.05, 0.1) is 13.0 Å². The minimum atomic E-state index is -0.574. The monoisotopic (exact) mass is 423 g/mol. The second kappa shape index (κ2) is 9.88. The van der Waals surface area contributed by atoms with Gasteiger partial charge in [-0.15, -0.1) is 5.10 Å². The molecule has 0 bridgehead atoms. The van der Waals surface area contributed by atoms with Crippen molar-refractivity contribution in [1.29, 1.82) is 0 Å². The molecule has 3 rings (SSSR count). The third-order valence-corrected chi connectivity index (χ3v) is 4.35. The Morgan fingerprint density at radius 1 is 1.00 bits per heavy atom. The highest BCUT2D eigenvalue weighted by Crippen LogP contribution is 2.24. The number of hydrogen-bond acceptors (Lipinski definition) is 7.